The van der Waals surface area contributed by atoms with Crippen LogP contribution in [0.15, 0.2) is 24.5 Å². The predicted octanol–water partition coefficient (Wildman–Crippen LogP) is 2.09. The third-order valence-electron chi connectivity index (χ3n) is 3.27. The van der Waals surface area contributed by atoms with Crippen LogP contribution in [0.4, 0.5) is 0 Å². The molecule has 0 bridgehead atoms. The Bertz CT molecular complexity index is 291. The number of hydrogen-bond donors (Lipinski definition) is 0. The smallest absolute Gasteiger partial charge is 0.496 e. The standard InChI is InChI=1S/C11H17BO3/c1-10(2)11(3,4)15-12(14-10)9-7-5-6-8-13-9/h5-9H,1-4H3. The highest BCUT2D eigenvalue weighted by atomic mass is 16.7. The molecule has 0 aliphatic carbocycles. The molecular weight excluding hydrogens is 191 g/mol. The topological polar surface area (TPSA) is 27.7 Å². The molecule has 0 amide bonds. The average molecular weight is 208 g/mol. The maximum absolute atomic E-state index is 5.87. The van der Waals surface area contributed by atoms with Gasteiger partial charge in [-0.15, -0.1) is 0 Å². The van der Waals surface area contributed by atoms with Crippen molar-refractivity contribution in [2.45, 2.75) is 44.9 Å². The van der Waals surface area contributed by atoms with Gasteiger partial charge < -0.3 is 14.0 Å². The summed E-state index contributed by atoms with van der Waals surface area (Å²) in [4.78, 5) is 0. The van der Waals surface area contributed by atoms with Gasteiger partial charge in [-0.25, -0.2) is 0 Å². The summed E-state index contributed by atoms with van der Waals surface area (Å²) >= 11 is 0. The van der Waals surface area contributed by atoms with E-state index < -0.39 is 0 Å². The fraction of sp³-hybridized carbons (Fsp3) is 0.636. The summed E-state index contributed by atoms with van der Waals surface area (Å²) in [6.07, 6.45) is 7.40. The summed E-state index contributed by atoms with van der Waals surface area (Å²) in [6.45, 7) is 8.15. The van der Waals surface area contributed by atoms with Gasteiger partial charge in [0.15, 0.2) is 6.00 Å². The highest BCUT2D eigenvalue weighted by Gasteiger charge is 2.54. The Morgan fingerprint density at radius 3 is 2.07 bits per heavy atom. The second-order valence-corrected chi connectivity index (χ2v) is 4.94. The summed E-state index contributed by atoms with van der Waals surface area (Å²) in [5.74, 6) is 0. The predicted molar refractivity (Wildman–Crippen MR) is 59.2 cm³/mol. The van der Waals surface area contributed by atoms with E-state index in [1.165, 1.54) is 0 Å². The summed E-state index contributed by atoms with van der Waals surface area (Å²) in [5, 5.41) is 0. The number of ether oxygens (including phenoxy) is 1. The third kappa shape index (κ3) is 1.84. The molecule has 2 heterocycles. The number of rotatable bonds is 1. The molecule has 0 spiro atoms. The van der Waals surface area contributed by atoms with Gasteiger partial charge in [0, 0.05) is 0 Å². The lowest BCUT2D eigenvalue weighted by atomic mass is 9.80. The van der Waals surface area contributed by atoms with E-state index in [1.54, 1.807) is 6.26 Å². The molecule has 1 saturated heterocycles. The van der Waals surface area contributed by atoms with Crippen LogP contribution < -0.4 is 0 Å². The molecule has 0 aromatic carbocycles. The average Bonchev–Trinajstić information content (AvgIpc) is 2.38. The fourth-order valence-corrected chi connectivity index (χ4v) is 1.58. The van der Waals surface area contributed by atoms with E-state index in [-0.39, 0.29) is 24.3 Å². The van der Waals surface area contributed by atoms with Crippen LogP contribution in [0, 0.1) is 0 Å². The molecule has 2 aliphatic heterocycles. The van der Waals surface area contributed by atoms with E-state index in [1.807, 2.05) is 45.9 Å². The van der Waals surface area contributed by atoms with Gasteiger partial charge in [0.05, 0.1) is 17.5 Å². The quantitative estimate of drug-likeness (QED) is 0.617. The molecule has 2 rings (SSSR count). The molecular formula is C11H17BO3. The van der Waals surface area contributed by atoms with Crippen molar-refractivity contribution in [3.05, 3.63) is 24.5 Å². The van der Waals surface area contributed by atoms with Crippen LogP contribution in [0.25, 0.3) is 0 Å². The Hall–Kier alpha value is -0.735. The maximum Gasteiger partial charge on any atom is 0.506 e. The second kappa shape index (κ2) is 3.39. The Morgan fingerprint density at radius 2 is 1.60 bits per heavy atom. The maximum atomic E-state index is 5.87. The zero-order valence-electron chi connectivity index (χ0n) is 9.69. The van der Waals surface area contributed by atoms with E-state index >= 15 is 0 Å². The fourth-order valence-electron chi connectivity index (χ4n) is 1.58. The molecule has 82 valence electrons. The molecule has 0 aromatic heterocycles. The Morgan fingerprint density at radius 1 is 1.00 bits per heavy atom. The van der Waals surface area contributed by atoms with Crippen LogP contribution in [0.5, 0.6) is 0 Å². The van der Waals surface area contributed by atoms with Gasteiger partial charge in [-0.05, 0) is 39.8 Å². The summed E-state index contributed by atoms with van der Waals surface area (Å²) in [6, 6.07) is -0.143. The lowest BCUT2D eigenvalue weighted by Gasteiger charge is -2.32. The largest absolute Gasteiger partial charge is 0.506 e. The molecule has 2 aliphatic rings. The molecule has 0 aromatic rings. The Kier molecular flexibility index (Phi) is 2.43. The number of allylic oxidation sites excluding steroid dienone is 2. The van der Waals surface area contributed by atoms with Crippen LogP contribution >= 0.6 is 0 Å². The lowest BCUT2D eigenvalue weighted by molar-refractivity contribution is 0.00578. The van der Waals surface area contributed by atoms with Gasteiger partial charge in [-0.1, -0.05) is 6.08 Å². The molecule has 4 heteroatoms. The van der Waals surface area contributed by atoms with E-state index in [0.717, 1.165) is 0 Å². The van der Waals surface area contributed by atoms with E-state index in [0.29, 0.717) is 0 Å². The first-order valence-corrected chi connectivity index (χ1v) is 5.27. The molecule has 15 heavy (non-hydrogen) atoms. The minimum absolute atomic E-state index is 0.143. The molecule has 1 fully saturated rings. The molecule has 1 atom stereocenters. The van der Waals surface area contributed by atoms with Crippen LogP contribution in [-0.4, -0.2) is 24.3 Å². The minimum Gasteiger partial charge on any atom is -0.496 e. The summed E-state index contributed by atoms with van der Waals surface area (Å²) in [7, 11) is -0.323. The van der Waals surface area contributed by atoms with Crippen molar-refractivity contribution in [2.75, 3.05) is 0 Å². The minimum atomic E-state index is -0.323. The van der Waals surface area contributed by atoms with Crippen LogP contribution in [0.2, 0.25) is 0 Å². The van der Waals surface area contributed by atoms with E-state index in [2.05, 4.69) is 0 Å². The van der Waals surface area contributed by atoms with Crippen molar-refractivity contribution < 1.29 is 14.0 Å². The SMILES string of the molecule is CC1(C)OB(C2C=CC=CO2)OC1(C)C. The number of hydrogen-bond acceptors (Lipinski definition) is 3. The monoisotopic (exact) mass is 208 g/mol. The summed E-state index contributed by atoms with van der Waals surface area (Å²) in [5.41, 5.74) is -0.591. The molecule has 0 radical (unpaired) electrons. The van der Waals surface area contributed by atoms with Crippen molar-refractivity contribution in [2.24, 2.45) is 0 Å². The van der Waals surface area contributed by atoms with Gasteiger partial charge in [0.1, 0.15) is 0 Å². The van der Waals surface area contributed by atoms with Gasteiger partial charge >= 0.3 is 7.12 Å². The van der Waals surface area contributed by atoms with E-state index in [9.17, 15) is 0 Å². The van der Waals surface area contributed by atoms with Crippen molar-refractivity contribution in [1.29, 1.82) is 0 Å². The van der Waals surface area contributed by atoms with Crippen molar-refractivity contribution in [3.8, 4) is 0 Å². The zero-order chi connectivity index (χ0) is 11.1. The third-order valence-corrected chi connectivity index (χ3v) is 3.27. The van der Waals surface area contributed by atoms with Crippen molar-refractivity contribution in [1.82, 2.24) is 0 Å². The van der Waals surface area contributed by atoms with Gasteiger partial charge in [-0.2, -0.15) is 0 Å². The van der Waals surface area contributed by atoms with Crippen LogP contribution in [0.3, 0.4) is 0 Å². The second-order valence-electron chi connectivity index (χ2n) is 4.94. The zero-order valence-corrected chi connectivity index (χ0v) is 9.69. The van der Waals surface area contributed by atoms with Crippen molar-refractivity contribution in [3.63, 3.8) is 0 Å². The molecule has 0 saturated carbocycles. The van der Waals surface area contributed by atoms with E-state index in [4.69, 9.17) is 14.0 Å². The van der Waals surface area contributed by atoms with Gasteiger partial charge in [0.25, 0.3) is 0 Å². The van der Waals surface area contributed by atoms with Gasteiger partial charge in [-0.3, -0.25) is 0 Å². The highest BCUT2D eigenvalue weighted by molar-refractivity contribution is 6.48. The molecule has 1 unspecified atom stereocenters. The normalized spacial score (nSPS) is 31.7. The summed E-state index contributed by atoms with van der Waals surface area (Å²) < 4.78 is 17.2. The first-order chi connectivity index (χ1) is 6.92. The molecule has 3 nitrogen and oxygen atoms in total. The Balaban J connectivity index is 2.09. The lowest BCUT2D eigenvalue weighted by Crippen LogP contribution is -2.41. The highest BCUT2D eigenvalue weighted by Crippen LogP contribution is 2.38. The van der Waals surface area contributed by atoms with Crippen LogP contribution in [-0.2, 0) is 14.0 Å². The first-order valence-electron chi connectivity index (χ1n) is 5.27. The first kappa shape index (κ1) is 10.8. The Labute approximate surface area is 91.2 Å². The van der Waals surface area contributed by atoms with Crippen molar-refractivity contribution >= 4 is 7.12 Å². The van der Waals surface area contributed by atoms with Gasteiger partial charge in [0.2, 0.25) is 0 Å². The molecule has 0 N–H and O–H groups in total. The van der Waals surface area contributed by atoms with Crippen LogP contribution in [0.1, 0.15) is 27.7 Å².